The van der Waals surface area contributed by atoms with Gasteiger partial charge >= 0.3 is 0 Å². The second-order valence-electron chi connectivity index (χ2n) is 7.07. The van der Waals surface area contributed by atoms with Gasteiger partial charge in [0, 0.05) is 41.1 Å². The zero-order valence-electron chi connectivity index (χ0n) is 16.2. The Morgan fingerprint density at radius 3 is 2.97 bits per heavy atom. The third-order valence-electron chi connectivity index (χ3n) is 5.04. The summed E-state index contributed by atoms with van der Waals surface area (Å²) >= 11 is 0. The number of para-hydroxylation sites is 1. The lowest BCUT2D eigenvalue weighted by Crippen LogP contribution is -2.21. The molecule has 4 aromatic rings. The van der Waals surface area contributed by atoms with Gasteiger partial charge in [0.15, 0.2) is 17.5 Å². The summed E-state index contributed by atoms with van der Waals surface area (Å²) in [5.74, 6) is 2.73. The summed E-state index contributed by atoms with van der Waals surface area (Å²) in [5.41, 5.74) is 4.28. The van der Waals surface area contributed by atoms with E-state index in [2.05, 4.69) is 50.0 Å². The van der Waals surface area contributed by atoms with Crippen LogP contribution in [0.3, 0.4) is 0 Å². The van der Waals surface area contributed by atoms with E-state index in [1.165, 1.54) is 10.9 Å². The molecule has 0 saturated heterocycles. The van der Waals surface area contributed by atoms with Crippen LogP contribution in [0.4, 0.5) is 11.6 Å². The molecule has 1 aromatic carbocycles. The number of anilines is 2. The third-order valence-corrected chi connectivity index (χ3v) is 5.04. The van der Waals surface area contributed by atoms with Crippen molar-refractivity contribution >= 4 is 22.5 Å². The van der Waals surface area contributed by atoms with E-state index in [0.29, 0.717) is 24.0 Å². The summed E-state index contributed by atoms with van der Waals surface area (Å²) in [7, 11) is 0. The molecule has 0 amide bonds. The largest absolute Gasteiger partial charge is 0.485 e. The van der Waals surface area contributed by atoms with Gasteiger partial charge in [-0.3, -0.25) is 4.98 Å². The number of aromatic amines is 1. The first-order valence-electron chi connectivity index (χ1n) is 9.78. The number of fused-ring (bicyclic) bond motifs is 2. The number of H-pyrrole nitrogens is 1. The van der Waals surface area contributed by atoms with E-state index in [9.17, 15) is 0 Å². The van der Waals surface area contributed by atoms with Crippen LogP contribution in [0.1, 0.15) is 11.3 Å². The summed E-state index contributed by atoms with van der Waals surface area (Å²) in [6.45, 7) is 4.02. The average Bonchev–Trinajstić information content (AvgIpc) is 3.17. The highest BCUT2D eigenvalue weighted by atomic mass is 16.5. The molecule has 0 bridgehead atoms. The summed E-state index contributed by atoms with van der Waals surface area (Å²) < 4.78 is 5.85. The van der Waals surface area contributed by atoms with E-state index in [4.69, 9.17) is 9.72 Å². The molecule has 0 atom stereocenters. The lowest BCUT2D eigenvalue weighted by Gasteiger charge is -2.21. The second kappa shape index (κ2) is 7.43. The first-order chi connectivity index (χ1) is 14.3. The fourth-order valence-electron chi connectivity index (χ4n) is 3.53. The number of hydrogen-bond donors (Lipinski definition) is 3. The fourth-order valence-corrected chi connectivity index (χ4v) is 3.53. The molecule has 146 valence electrons. The molecular formula is C22H22N6O. The smallest absolute Gasteiger partial charge is 0.204 e. The van der Waals surface area contributed by atoms with Gasteiger partial charge in [-0.25, -0.2) is 9.97 Å². The highest BCUT2D eigenvalue weighted by Crippen LogP contribution is 2.34. The number of aryl methyl sites for hydroxylation is 1. The lowest BCUT2D eigenvalue weighted by atomic mass is 10.1. The van der Waals surface area contributed by atoms with Crippen molar-refractivity contribution in [3.05, 3.63) is 60.0 Å². The van der Waals surface area contributed by atoms with Gasteiger partial charge in [-0.2, -0.15) is 0 Å². The highest BCUT2D eigenvalue weighted by molar-refractivity contribution is 5.83. The number of hydrogen-bond acceptors (Lipinski definition) is 6. The fraction of sp³-hybridized carbons (Fsp3) is 0.227. The van der Waals surface area contributed by atoms with Gasteiger partial charge in [0.25, 0.3) is 0 Å². The Balaban J connectivity index is 1.41. The molecule has 1 aliphatic heterocycles. The number of nitrogens with zero attached hydrogens (tertiary/aromatic N) is 3. The molecule has 0 saturated carbocycles. The minimum absolute atomic E-state index is 0.596. The number of ether oxygens (including phenoxy) is 1. The molecule has 3 N–H and O–H groups in total. The quantitative estimate of drug-likeness (QED) is 0.484. The molecule has 7 nitrogen and oxygen atoms in total. The molecule has 7 heteroatoms. The van der Waals surface area contributed by atoms with Crippen molar-refractivity contribution in [2.75, 3.05) is 30.3 Å². The Labute approximate surface area is 168 Å². The maximum absolute atomic E-state index is 5.85. The van der Waals surface area contributed by atoms with Crippen LogP contribution in [0, 0.1) is 6.92 Å². The molecule has 1 aliphatic rings. The molecule has 0 spiro atoms. The second-order valence-corrected chi connectivity index (χ2v) is 7.07. The Bertz CT molecular complexity index is 1150. The Morgan fingerprint density at radius 2 is 2.07 bits per heavy atom. The van der Waals surface area contributed by atoms with Crippen LogP contribution < -0.4 is 15.4 Å². The van der Waals surface area contributed by atoms with E-state index in [0.717, 1.165) is 42.1 Å². The topological polar surface area (TPSA) is 87.8 Å². The Hall–Kier alpha value is -3.61. The van der Waals surface area contributed by atoms with E-state index < -0.39 is 0 Å². The van der Waals surface area contributed by atoms with Gasteiger partial charge in [-0.05, 0) is 37.1 Å². The SMILES string of the molecule is Cc1ccc(-c2nc3c(c(NCCc4c[nH]c5ccccc45)n2)OCCN3)cn1. The van der Waals surface area contributed by atoms with Crippen LogP contribution >= 0.6 is 0 Å². The zero-order chi connectivity index (χ0) is 19.6. The number of rotatable bonds is 5. The van der Waals surface area contributed by atoms with Crippen LogP contribution in [0.5, 0.6) is 5.75 Å². The summed E-state index contributed by atoms with van der Waals surface area (Å²) in [6.07, 6.45) is 4.75. The van der Waals surface area contributed by atoms with Crippen LogP contribution in [0.2, 0.25) is 0 Å². The maximum atomic E-state index is 5.85. The highest BCUT2D eigenvalue weighted by Gasteiger charge is 2.20. The van der Waals surface area contributed by atoms with Gasteiger partial charge in [-0.15, -0.1) is 0 Å². The Morgan fingerprint density at radius 1 is 1.14 bits per heavy atom. The Kier molecular flexibility index (Phi) is 4.48. The summed E-state index contributed by atoms with van der Waals surface area (Å²) in [5, 5.41) is 8.01. The molecule has 5 rings (SSSR count). The van der Waals surface area contributed by atoms with Crippen LogP contribution in [0.15, 0.2) is 48.8 Å². The summed E-state index contributed by atoms with van der Waals surface area (Å²) in [4.78, 5) is 17.1. The van der Waals surface area contributed by atoms with E-state index in [1.54, 1.807) is 6.20 Å². The van der Waals surface area contributed by atoms with Crippen molar-refractivity contribution in [2.24, 2.45) is 0 Å². The van der Waals surface area contributed by atoms with Crippen molar-refractivity contribution in [1.82, 2.24) is 19.9 Å². The maximum Gasteiger partial charge on any atom is 0.204 e. The number of benzene rings is 1. The number of pyridine rings is 1. The van der Waals surface area contributed by atoms with E-state index in [1.807, 2.05) is 25.1 Å². The molecule has 0 aliphatic carbocycles. The lowest BCUT2D eigenvalue weighted by molar-refractivity contribution is 0.321. The zero-order valence-corrected chi connectivity index (χ0v) is 16.2. The third kappa shape index (κ3) is 3.47. The molecular weight excluding hydrogens is 364 g/mol. The van der Waals surface area contributed by atoms with Crippen molar-refractivity contribution in [3.63, 3.8) is 0 Å². The van der Waals surface area contributed by atoms with Crippen molar-refractivity contribution in [1.29, 1.82) is 0 Å². The first-order valence-corrected chi connectivity index (χ1v) is 9.78. The van der Waals surface area contributed by atoms with Crippen molar-refractivity contribution in [2.45, 2.75) is 13.3 Å². The average molecular weight is 386 g/mol. The molecule has 0 unspecified atom stereocenters. The predicted octanol–water partition coefficient (Wildman–Crippen LogP) is 3.79. The molecule has 3 aromatic heterocycles. The summed E-state index contributed by atoms with van der Waals surface area (Å²) in [6, 6.07) is 12.3. The van der Waals surface area contributed by atoms with Gasteiger partial charge in [-0.1, -0.05) is 18.2 Å². The monoisotopic (exact) mass is 386 g/mol. The van der Waals surface area contributed by atoms with E-state index in [-0.39, 0.29) is 0 Å². The first kappa shape index (κ1) is 17.5. The molecule has 4 heterocycles. The number of aromatic nitrogens is 4. The van der Waals surface area contributed by atoms with Crippen LogP contribution in [-0.4, -0.2) is 39.6 Å². The van der Waals surface area contributed by atoms with Gasteiger partial charge in [0.05, 0.1) is 6.54 Å². The van der Waals surface area contributed by atoms with Crippen LogP contribution in [0.25, 0.3) is 22.3 Å². The molecule has 29 heavy (non-hydrogen) atoms. The van der Waals surface area contributed by atoms with Gasteiger partial charge in [0.2, 0.25) is 5.75 Å². The van der Waals surface area contributed by atoms with Gasteiger partial charge in [0.1, 0.15) is 6.61 Å². The van der Waals surface area contributed by atoms with Crippen molar-refractivity contribution < 1.29 is 4.74 Å². The van der Waals surface area contributed by atoms with Crippen molar-refractivity contribution in [3.8, 4) is 17.1 Å². The molecule has 0 fully saturated rings. The van der Waals surface area contributed by atoms with E-state index >= 15 is 0 Å². The van der Waals surface area contributed by atoms with Crippen LogP contribution in [-0.2, 0) is 6.42 Å². The molecule has 0 radical (unpaired) electrons. The standard InChI is InChI=1S/C22H22N6O/c1-14-6-7-16(13-25-14)20-27-21(19-22(28-20)24-10-11-29-19)23-9-8-15-12-26-18-5-3-2-4-17(15)18/h2-7,12-13,26H,8-11H2,1H3,(H2,23,24,27,28). The predicted molar refractivity (Wildman–Crippen MR) is 114 cm³/mol. The minimum Gasteiger partial charge on any atom is -0.485 e. The van der Waals surface area contributed by atoms with Gasteiger partial charge < -0.3 is 20.4 Å². The normalized spacial score (nSPS) is 12.9. The number of nitrogens with one attached hydrogen (secondary N) is 3. The minimum atomic E-state index is 0.596.